The molecule has 136 valence electrons. The van der Waals surface area contributed by atoms with Crippen LogP contribution in [0, 0.1) is 0 Å². The highest BCUT2D eigenvalue weighted by molar-refractivity contribution is 5.93. The Kier molecular flexibility index (Phi) is 5.06. The second-order valence-electron chi connectivity index (χ2n) is 6.62. The van der Waals surface area contributed by atoms with Gasteiger partial charge in [-0.2, -0.15) is 0 Å². The van der Waals surface area contributed by atoms with Crippen molar-refractivity contribution in [1.82, 2.24) is 9.88 Å². The maximum atomic E-state index is 12.1. The molecule has 0 saturated carbocycles. The molecule has 0 bridgehead atoms. The topological polar surface area (TPSA) is 46.1 Å². The summed E-state index contributed by atoms with van der Waals surface area (Å²) in [7, 11) is 0. The second-order valence-corrected chi connectivity index (χ2v) is 6.62. The van der Waals surface area contributed by atoms with Crippen LogP contribution in [-0.4, -0.2) is 23.6 Å². The number of nitrogens with zero attached hydrogens (tertiary/aromatic N) is 1. The predicted molar refractivity (Wildman–Crippen MR) is 112 cm³/mol. The number of para-hydroxylation sites is 1. The Morgan fingerprint density at radius 2 is 1.59 bits per heavy atom. The summed E-state index contributed by atoms with van der Waals surface area (Å²) in [5, 5.41) is 10.0. The van der Waals surface area contributed by atoms with Crippen molar-refractivity contribution in [3.05, 3.63) is 79.0 Å². The fourth-order valence-electron chi connectivity index (χ4n) is 3.42. The van der Waals surface area contributed by atoms with Gasteiger partial charge in [0.25, 0.3) is 0 Å². The number of carbonyl (C=O) groups is 1. The molecule has 0 atom stereocenters. The van der Waals surface area contributed by atoms with Crippen molar-refractivity contribution in [2.75, 3.05) is 18.4 Å². The summed E-state index contributed by atoms with van der Waals surface area (Å²) in [6, 6.07) is 24.8. The number of hydrogen-bond acceptors (Lipinski definition) is 2. The first-order valence-corrected chi connectivity index (χ1v) is 9.33. The molecule has 1 amide bonds. The van der Waals surface area contributed by atoms with Crippen LogP contribution in [0.25, 0.3) is 21.7 Å². The van der Waals surface area contributed by atoms with Gasteiger partial charge in [0.05, 0.1) is 0 Å². The number of anilines is 1. The van der Waals surface area contributed by atoms with Crippen LogP contribution in [0.3, 0.4) is 0 Å². The number of fused-ring (bicyclic) bond motifs is 2. The van der Waals surface area contributed by atoms with Crippen LogP contribution in [-0.2, 0) is 11.3 Å². The highest BCUT2D eigenvalue weighted by Crippen LogP contribution is 2.22. The molecular formula is C23H23N3O. The van der Waals surface area contributed by atoms with Crippen molar-refractivity contribution in [1.29, 1.82) is 0 Å². The average molecular weight is 357 g/mol. The second kappa shape index (κ2) is 7.96. The Balaban J connectivity index is 1.25. The van der Waals surface area contributed by atoms with Crippen LogP contribution in [0.5, 0.6) is 0 Å². The highest BCUT2D eigenvalue weighted by atomic mass is 16.1. The van der Waals surface area contributed by atoms with Gasteiger partial charge in [-0.15, -0.1) is 0 Å². The lowest BCUT2D eigenvalue weighted by Crippen LogP contribution is -2.29. The Bertz CT molecular complexity index is 1060. The Labute approximate surface area is 158 Å². The quantitative estimate of drug-likeness (QED) is 0.481. The zero-order valence-corrected chi connectivity index (χ0v) is 15.2. The van der Waals surface area contributed by atoms with E-state index in [9.17, 15) is 4.79 Å². The van der Waals surface area contributed by atoms with Crippen molar-refractivity contribution in [2.24, 2.45) is 0 Å². The van der Waals surface area contributed by atoms with E-state index in [1.165, 1.54) is 21.7 Å². The lowest BCUT2D eigenvalue weighted by molar-refractivity contribution is -0.121. The van der Waals surface area contributed by atoms with E-state index in [1.54, 1.807) is 0 Å². The summed E-state index contributed by atoms with van der Waals surface area (Å²) in [5.41, 5.74) is 2.27. The minimum atomic E-state index is 0.0764. The van der Waals surface area contributed by atoms with Crippen molar-refractivity contribution in [3.63, 3.8) is 0 Å². The summed E-state index contributed by atoms with van der Waals surface area (Å²) in [6.45, 7) is 2.00. The number of aryl methyl sites for hydroxylation is 1. The highest BCUT2D eigenvalue weighted by Gasteiger charge is 2.04. The van der Waals surface area contributed by atoms with E-state index in [-0.39, 0.29) is 5.91 Å². The molecule has 1 aromatic heterocycles. The Hall–Kier alpha value is -3.27. The lowest BCUT2D eigenvalue weighted by Gasteiger charge is -2.11. The number of hydrogen-bond donors (Lipinski definition) is 2. The lowest BCUT2D eigenvalue weighted by atomic mass is 10.1. The van der Waals surface area contributed by atoms with Crippen molar-refractivity contribution in [3.8, 4) is 0 Å². The number of nitrogens with one attached hydrogen (secondary N) is 2. The molecule has 4 heteroatoms. The number of aromatic nitrogens is 1. The molecule has 0 aliphatic heterocycles. The van der Waals surface area contributed by atoms with Crippen LogP contribution in [0.2, 0.25) is 0 Å². The van der Waals surface area contributed by atoms with Gasteiger partial charge >= 0.3 is 0 Å². The van der Waals surface area contributed by atoms with Crippen molar-refractivity contribution < 1.29 is 4.79 Å². The standard InChI is InChI=1S/C23H23N3O/c27-23(13-17-26-16-12-19-7-2-4-11-22(19)26)25-15-14-24-21-10-5-8-18-6-1-3-9-20(18)21/h1-12,16,24H,13-15,17H2,(H,25,27). The average Bonchev–Trinajstić information content (AvgIpc) is 3.13. The molecule has 3 aromatic carbocycles. The molecule has 4 aromatic rings. The maximum Gasteiger partial charge on any atom is 0.221 e. The molecule has 0 fully saturated rings. The molecular weight excluding hydrogens is 334 g/mol. The number of rotatable bonds is 7. The van der Waals surface area contributed by atoms with E-state index in [0.29, 0.717) is 26.1 Å². The van der Waals surface area contributed by atoms with E-state index in [2.05, 4.69) is 57.7 Å². The third kappa shape index (κ3) is 3.95. The van der Waals surface area contributed by atoms with Gasteiger partial charge in [-0.05, 0) is 29.0 Å². The molecule has 0 unspecified atom stereocenters. The zero-order valence-electron chi connectivity index (χ0n) is 15.2. The first-order valence-electron chi connectivity index (χ1n) is 9.33. The first kappa shape index (κ1) is 17.2. The summed E-state index contributed by atoms with van der Waals surface area (Å²) < 4.78 is 2.13. The summed E-state index contributed by atoms with van der Waals surface area (Å²) >= 11 is 0. The van der Waals surface area contributed by atoms with E-state index in [0.717, 1.165) is 5.69 Å². The Morgan fingerprint density at radius 1 is 0.815 bits per heavy atom. The summed E-state index contributed by atoms with van der Waals surface area (Å²) in [4.78, 5) is 12.1. The van der Waals surface area contributed by atoms with Crippen LogP contribution in [0.1, 0.15) is 6.42 Å². The third-order valence-corrected chi connectivity index (χ3v) is 4.81. The van der Waals surface area contributed by atoms with Crippen LogP contribution < -0.4 is 10.6 Å². The van der Waals surface area contributed by atoms with E-state index < -0.39 is 0 Å². The van der Waals surface area contributed by atoms with E-state index in [1.807, 2.05) is 36.5 Å². The fraction of sp³-hybridized carbons (Fsp3) is 0.174. The van der Waals surface area contributed by atoms with Gasteiger partial charge in [0.2, 0.25) is 5.91 Å². The van der Waals surface area contributed by atoms with Gasteiger partial charge in [0, 0.05) is 48.8 Å². The van der Waals surface area contributed by atoms with Gasteiger partial charge in [-0.1, -0.05) is 54.6 Å². The fourth-order valence-corrected chi connectivity index (χ4v) is 3.42. The number of benzene rings is 3. The molecule has 1 heterocycles. The molecule has 2 N–H and O–H groups in total. The Morgan fingerprint density at radius 3 is 2.52 bits per heavy atom. The van der Waals surface area contributed by atoms with E-state index in [4.69, 9.17) is 0 Å². The zero-order chi connectivity index (χ0) is 18.5. The van der Waals surface area contributed by atoms with Crippen LogP contribution in [0.4, 0.5) is 5.69 Å². The summed E-state index contributed by atoms with van der Waals surface area (Å²) in [5.74, 6) is 0.0764. The largest absolute Gasteiger partial charge is 0.383 e. The smallest absolute Gasteiger partial charge is 0.221 e. The SMILES string of the molecule is O=C(CCn1ccc2ccccc21)NCCNc1cccc2ccccc12. The normalized spacial score (nSPS) is 11.0. The minimum Gasteiger partial charge on any atom is -0.383 e. The van der Waals surface area contributed by atoms with Crippen molar-refractivity contribution >= 4 is 33.3 Å². The predicted octanol–water partition coefficient (Wildman–Crippen LogP) is 4.41. The van der Waals surface area contributed by atoms with Crippen molar-refractivity contribution in [2.45, 2.75) is 13.0 Å². The molecule has 27 heavy (non-hydrogen) atoms. The molecule has 0 aliphatic carbocycles. The first-order chi connectivity index (χ1) is 13.3. The van der Waals surface area contributed by atoms with Gasteiger partial charge in [0.1, 0.15) is 0 Å². The van der Waals surface area contributed by atoms with Gasteiger partial charge in [-0.3, -0.25) is 4.79 Å². The molecule has 0 aliphatic rings. The molecule has 0 radical (unpaired) electrons. The molecule has 0 spiro atoms. The van der Waals surface area contributed by atoms with E-state index >= 15 is 0 Å². The van der Waals surface area contributed by atoms with Crippen LogP contribution in [0.15, 0.2) is 79.0 Å². The van der Waals surface area contributed by atoms with Gasteiger partial charge < -0.3 is 15.2 Å². The molecule has 0 saturated heterocycles. The molecule has 4 rings (SSSR count). The third-order valence-electron chi connectivity index (χ3n) is 4.81. The monoisotopic (exact) mass is 357 g/mol. The number of amides is 1. The summed E-state index contributed by atoms with van der Waals surface area (Å²) in [6.07, 6.45) is 2.52. The molecule has 4 nitrogen and oxygen atoms in total. The maximum absolute atomic E-state index is 12.1. The van der Waals surface area contributed by atoms with Gasteiger partial charge in [-0.25, -0.2) is 0 Å². The van der Waals surface area contributed by atoms with Gasteiger partial charge in [0.15, 0.2) is 0 Å². The number of carbonyl (C=O) groups excluding carboxylic acids is 1. The minimum absolute atomic E-state index is 0.0764. The van der Waals surface area contributed by atoms with Crippen LogP contribution >= 0.6 is 0 Å².